The van der Waals surface area contributed by atoms with Gasteiger partial charge in [0, 0.05) is 18.7 Å². The molecule has 4 nitrogen and oxygen atoms in total. The largest absolute Gasteiger partial charge is 0.480 e. The highest BCUT2D eigenvalue weighted by Crippen LogP contribution is 2.03. The Morgan fingerprint density at radius 1 is 1.29 bits per heavy atom. The zero-order chi connectivity index (χ0) is 12.7. The summed E-state index contributed by atoms with van der Waals surface area (Å²) in [6.07, 6.45) is 0.393. The molecule has 0 aliphatic heterocycles. The van der Waals surface area contributed by atoms with Gasteiger partial charge in [-0.25, -0.2) is 4.79 Å². The Hall–Kier alpha value is -1.55. The molecule has 0 radical (unpaired) electrons. The number of carboxylic acids is 1. The highest BCUT2D eigenvalue weighted by molar-refractivity contribution is 6.18. The summed E-state index contributed by atoms with van der Waals surface area (Å²) >= 11 is 5.41. The highest BCUT2D eigenvalue weighted by atomic mass is 35.5. The summed E-state index contributed by atoms with van der Waals surface area (Å²) in [6.45, 7) is 0. The molecule has 17 heavy (non-hydrogen) atoms. The van der Waals surface area contributed by atoms with Crippen LogP contribution in [-0.2, 0) is 16.0 Å². The maximum atomic E-state index is 11.3. The van der Waals surface area contributed by atoms with Gasteiger partial charge in [0.1, 0.15) is 6.04 Å². The van der Waals surface area contributed by atoms with E-state index in [1.165, 1.54) is 0 Å². The molecule has 1 atom stereocenters. The molecule has 1 rings (SSSR count). The van der Waals surface area contributed by atoms with Crippen LogP contribution in [0.5, 0.6) is 0 Å². The van der Waals surface area contributed by atoms with Crippen molar-refractivity contribution >= 4 is 23.5 Å². The van der Waals surface area contributed by atoms with Gasteiger partial charge in [-0.2, -0.15) is 0 Å². The Bertz CT molecular complexity index is 381. The van der Waals surface area contributed by atoms with Crippen molar-refractivity contribution in [2.75, 3.05) is 5.88 Å². The number of halogens is 1. The number of hydrogen-bond acceptors (Lipinski definition) is 2. The fraction of sp³-hybridized carbons (Fsp3) is 0.333. The maximum absolute atomic E-state index is 11.3. The Morgan fingerprint density at radius 3 is 2.47 bits per heavy atom. The first kappa shape index (κ1) is 13.5. The summed E-state index contributed by atoms with van der Waals surface area (Å²) in [4.78, 5) is 22.3. The summed E-state index contributed by atoms with van der Waals surface area (Å²) in [7, 11) is 0. The molecule has 92 valence electrons. The molecule has 0 aliphatic rings. The van der Waals surface area contributed by atoms with Gasteiger partial charge in [0.05, 0.1) is 0 Å². The van der Waals surface area contributed by atoms with Crippen molar-refractivity contribution in [2.45, 2.75) is 18.9 Å². The van der Waals surface area contributed by atoms with Crippen molar-refractivity contribution < 1.29 is 14.7 Å². The van der Waals surface area contributed by atoms with Gasteiger partial charge < -0.3 is 10.4 Å². The van der Waals surface area contributed by atoms with Crippen LogP contribution in [0.2, 0.25) is 0 Å². The summed E-state index contributed by atoms with van der Waals surface area (Å²) in [6, 6.07) is 8.25. The zero-order valence-electron chi connectivity index (χ0n) is 9.23. The van der Waals surface area contributed by atoms with Crippen LogP contribution in [0.1, 0.15) is 12.0 Å². The zero-order valence-corrected chi connectivity index (χ0v) is 9.98. The minimum Gasteiger partial charge on any atom is -0.480 e. The van der Waals surface area contributed by atoms with Crippen LogP contribution >= 0.6 is 11.6 Å². The third-order valence-electron chi connectivity index (χ3n) is 2.24. The van der Waals surface area contributed by atoms with Crippen LogP contribution in [-0.4, -0.2) is 28.9 Å². The lowest BCUT2D eigenvalue weighted by Crippen LogP contribution is -2.42. The molecule has 1 aromatic rings. The maximum Gasteiger partial charge on any atom is 0.326 e. The molecule has 0 aromatic heterocycles. The molecule has 0 saturated heterocycles. The number of benzene rings is 1. The predicted molar refractivity (Wildman–Crippen MR) is 65.0 cm³/mol. The van der Waals surface area contributed by atoms with E-state index in [2.05, 4.69) is 5.32 Å². The lowest BCUT2D eigenvalue weighted by Gasteiger charge is -2.14. The van der Waals surface area contributed by atoms with Crippen LogP contribution in [0.25, 0.3) is 0 Å². The quantitative estimate of drug-likeness (QED) is 0.756. The van der Waals surface area contributed by atoms with Gasteiger partial charge in [-0.3, -0.25) is 4.79 Å². The molecule has 0 spiro atoms. The number of alkyl halides is 1. The van der Waals surface area contributed by atoms with E-state index in [-0.39, 0.29) is 24.6 Å². The van der Waals surface area contributed by atoms with Gasteiger partial charge in [0.25, 0.3) is 0 Å². The Balaban J connectivity index is 2.61. The van der Waals surface area contributed by atoms with E-state index in [9.17, 15) is 9.59 Å². The third kappa shape index (κ3) is 4.87. The topological polar surface area (TPSA) is 66.4 Å². The number of hydrogen-bond donors (Lipinski definition) is 2. The second-order valence-electron chi connectivity index (χ2n) is 3.59. The summed E-state index contributed by atoms with van der Waals surface area (Å²) in [5.41, 5.74) is 0.867. The number of amides is 1. The minimum absolute atomic E-state index is 0.125. The molecular formula is C12H14ClNO3. The third-order valence-corrected chi connectivity index (χ3v) is 2.43. The highest BCUT2D eigenvalue weighted by Gasteiger charge is 2.19. The van der Waals surface area contributed by atoms with Gasteiger partial charge in [0.2, 0.25) is 5.91 Å². The monoisotopic (exact) mass is 255 g/mol. The predicted octanol–water partition coefficient (Wildman–Crippen LogP) is 1.43. The van der Waals surface area contributed by atoms with Crippen molar-refractivity contribution in [2.24, 2.45) is 0 Å². The lowest BCUT2D eigenvalue weighted by atomic mass is 10.1. The van der Waals surface area contributed by atoms with Gasteiger partial charge in [0.15, 0.2) is 0 Å². The Labute approximate surface area is 105 Å². The SMILES string of the molecule is O=C(CCCl)N[C@@H](Cc1ccccc1)C(=O)O. The van der Waals surface area contributed by atoms with Crippen molar-refractivity contribution in [1.29, 1.82) is 0 Å². The number of rotatable bonds is 6. The van der Waals surface area contributed by atoms with Gasteiger partial charge in [-0.1, -0.05) is 30.3 Å². The van der Waals surface area contributed by atoms with Crippen molar-refractivity contribution in [3.63, 3.8) is 0 Å². The molecule has 1 amide bonds. The van der Waals surface area contributed by atoms with Crippen molar-refractivity contribution in [1.82, 2.24) is 5.32 Å². The van der Waals surface area contributed by atoms with Gasteiger partial charge >= 0.3 is 5.97 Å². The van der Waals surface area contributed by atoms with Crippen LogP contribution in [0.4, 0.5) is 0 Å². The van der Waals surface area contributed by atoms with Crippen molar-refractivity contribution in [3.8, 4) is 0 Å². The Morgan fingerprint density at radius 2 is 1.94 bits per heavy atom. The first-order chi connectivity index (χ1) is 8.13. The van der Waals surface area contributed by atoms with E-state index in [0.29, 0.717) is 0 Å². The van der Waals surface area contributed by atoms with Crippen LogP contribution < -0.4 is 5.32 Å². The second kappa shape index (κ2) is 6.91. The number of nitrogens with one attached hydrogen (secondary N) is 1. The second-order valence-corrected chi connectivity index (χ2v) is 3.97. The molecule has 0 unspecified atom stereocenters. The van der Waals surface area contributed by atoms with E-state index in [1.54, 1.807) is 0 Å². The molecular weight excluding hydrogens is 242 g/mol. The minimum atomic E-state index is -1.04. The molecule has 5 heteroatoms. The average Bonchev–Trinajstić information content (AvgIpc) is 2.29. The average molecular weight is 256 g/mol. The Kier molecular flexibility index (Phi) is 5.49. The molecule has 0 heterocycles. The summed E-state index contributed by atoms with van der Waals surface area (Å²) < 4.78 is 0. The fourth-order valence-corrected chi connectivity index (χ4v) is 1.57. The van der Waals surface area contributed by atoms with Gasteiger partial charge in [-0.15, -0.1) is 11.6 Å². The number of aliphatic carboxylic acids is 1. The number of carbonyl (C=O) groups excluding carboxylic acids is 1. The van der Waals surface area contributed by atoms with Crippen molar-refractivity contribution in [3.05, 3.63) is 35.9 Å². The molecule has 0 aliphatic carbocycles. The van der Waals surface area contributed by atoms with E-state index in [1.807, 2.05) is 30.3 Å². The molecule has 2 N–H and O–H groups in total. The van der Waals surface area contributed by atoms with E-state index in [0.717, 1.165) is 5.56 Å². The van der Waals surface area contributed by atoms with E-state index in [4.69, 9.17) is 16.7 Å². The molecule has 1 aromatic carbocycles. The molecule has 0 fully saturated rings. The summed E-state index contributed by atoms with van der Waals surface area (Å²) in [5, 5.41) is 11.4. The standard InChI is InChI=1S/C12H14ClNO3/c13-7-6-11(15)14-10(12(16)17)8-9-4-2-1-3-5-9/h1-5,10H,6-8H2,(H,14,15)(H,16,17)/t10-/m0/s1. The van der Waals surface area contributed by atoms with Crippen LogP contribution in [0.3, 0.4) is 0 Å². The first-order valence-corrected chi connectivity index (χ1v) is 5.79. The fourth-order valence-electron chi connectivity index (χ4n) is 1.40. The lowest BCUT2D eigenvalue weighted by molar-refractivity contribution is -0.141. The van der Waals surface area contributed by atoms with Gasteiger partial charge in [-0.05, 0) is 5.56 Å². The van der Waals surface area contributed by atoms with Crippen LogP contribution in [0.15, 0.2) is 30.3 Å². The smallest absolute Gasteiger partial charge is 0.326 e. The molecule has 0 saturated carbocycles. The van der Waals surface area contributed by atoms with Crippen LogP contribution in [0, 0.1) is 0 Å². The summed E-state index contributed by atoms with van der Waals surface area (Å²) in [5.74, 6) is -1.20. The number of carbonyl (C=O) groups is 2. The van der Waals surface area contributed by atoms with E-state index >= 15 is 0 Å². The normalized spacial score (nSPS) is 11.8. The molecule has 0 bridgehead atoms. The first-order valence-electron chi connectivity index (χ1n) is 5.25. The number of carboxylic acid groups (broad SMARTS) is 1. The van der Waals surface area contributed by atoms with E-state index < -0.39 is 12.0 Å².